The fourth-order valence-corrected chi connectivity index (χ4v) is 5.27. The average molecular weight is 489 g/mol. The van der Waals surface area contributed by atoms with Crippen LogP contribution in [0.25, 0.3) is 0 Å². The SMILES string of the molecule is COCC1CN(Cc2ccsc2)CC12CCN(C(=O)c1ccco1)CC2.O=C(O)C(F)(F)F. The molecule has 2 aliphatic rings. The standard InChI is InChI=1S/C20H26N2O3S.C2HF3O2/c1-24-13-17-12-21(11-16-4-10-26-14-16)15-20(17)5-7-22(8-6-20)19(23)18-3-2-9-25-18;3-2(4,5)1(6)7/h2-4,9-10,14,17H,5-8,11-13,15H2,1H3;(H,6,7). The minimum Gasteiger partial charge on any atom is -0.475 e. The summed E-state index contributed by atoms with van der Waals surface area (Å²) in [6, 6.07) is 5.73. The number of amides is 1. The van der Waals surface area contributed by atoms with Crippen molar-refractivity contribution in [3.05, 3.63) is 46.5 Å². The van der Waals surface area contributed by atoms with Crippen LogP contribution in [0.3, 0.4) is 0 Å². The number of rotatable bonds is 5. The normalized spacial score (nSPS) is 20.5. The van der Waals surface area contributed by atoms with Crippen LogP contribution in [0.5, 0.6) is 0 Å². The number of methoxy groups -OCH3 is 1. The van der Waals surface area contributed by atoms with Gasteiger partial charge in [0.1, 0.15) is 0 Å². The molecule has 2 saturated heterocycles. The molecule has 0 bridgehead atoms. The monoisotopic (exact) mass is 488 g/mol. The molecular weight excluding hydrogens is 461 g/mol. The molecule has 182 valence electrons. The van der Waals surface area contributed by atoms with E-state index in [1.807, 2.05) is 4.90 Å². The number of ether oxygens (including phenoxy) is 1. The molecule has 2 aromatic heterocycles. The number of carboxylic acid groups (broad SMARTS) is 1. The molecule has 0 aliphatic carbocycles. The van der Waals surface area contributed by atoms with E-state index in [1.54, 1.807) is 36.8 Å². The van der Waals surface area contributed by atoms with Gasteiger partial charge in [0, 0.05) is 45.8 Å². The van der Waals surface area contributed by atoms with Crippen molar-refractivity contribution in [1.82, 2.24) is 9.80 Å². The third-order valence-corrected chi connectivity index (χ3v) is 6.99. The molecule has 7 nitrogen and oxygen atoms in total. The van der Waals surface area contributed by atoms with Crippen molar-refractivity contribution in [2.24, 2.45) is 11.3 Å². The molecule has 0 radical (unpaired) electrons. The molecule has 0 aromatic carbocycles. The van der Waals surface area contributed by atoms with Gasteiger partial charge in [-0.1, -0.05) is 0 Å². The minimum atomic E-state index is -5.08. The smallest absolute Gasteiger partial charge is 0.475 e. The zero-order valence-corrected chi connectivity index (χ0v) is 19.0. The molecule has 1 unspecified atom stereocenters. The van der Waals surface area contributed by atoms with E-state index >= 15 is 0 Å². The Bertz CT molecular complexity index is 894. The summed E-state index contributed by atoms with van der Waals surface area (Å²) in [4.78, 5) is 25.9. The summed E-state index contributed by atoms with van der Waals surface area (Å²) < 4.78 is 42.6. The first-order chi connectivity index (χ1) is 15.6. The van der Waals surface area contributed by atoms with Gasteiger partial charge in [-0.15, -0.1) is 0 Å². The molecule has 1 amide bonds. The highest BCUT2D eigenvalue weighted by molar-refractivity contribution is 7.07. The van der Waals surface area contributed by atoms with Crippen molar-refractivity contribution < 1.29 is 37.0 Å². The van der Waals surface area contributed by atoms with Crippen LogP contribution >= 0.6 is 11.3 Å². The number of carboxylic acids is 1. The highest BCUT2D eigenvalue weighted by Gasteiger charge is 2.48. The Morgan fingerprint density at radius 2 is 2.00 bits per heavy atom. The number of furan rings is 1. The van der Waals surface area contributed by atoms with Crippen LogP contribution in [0.1, 0.15) is 29.0 Å². The maximum Gasteiger partial charge on any atom is 0.490 e. The summed E-state index contributed by atoms with van der Waals surface area (Å²) in [5, 5.41) is 11.5. The Balaban J connectivity index is 0.000000383. The van der Waals surface area contributed by atoms with Gasteiger partial charge in [0.25, 0.3) is 5.91 Å². The van der Waals surface area contributed by atoms with Gasteiger partial charge in [-0.25, -0.2) is 4.79 Å². The fourth-order valence-electron chi connectivity index (χ4n) is 4.61. The molecular formula is C22H27F3N2O5S. The van der Waals surface area contributed by atoms with Crippen molar-refractivity contribution in [2.75, 3.05) is 39.9 Å². The quantitative estimate of drug-likeness (QED) is 0.686. The lowest BCUT2D eigenvalue weighted by Crippen LogP contribution is -2.47. The number of hydrogen-bond acceptors (Lipinski definition) is 6. The van der Waals surface area contributed by atoms with Crippen LogP contribution < -0.4 is 0 Å². The number of alkyl halides is 3. The number of aliphatic carboxylic acids is 1. The van der Waals surface area contributed by atoms with Crippen LogP contribution in [0, 0.1) is 11.3 Å². The highest BCUT2D eigenvalue weighted by Crippen LogP contribution is 2.45. The second kappa shape index (κ2) is 10.7. The van der Waals surface area contributed by atoms with Gasteiger partial charge in [-0.3, -0.25) is 9.69 Å². The first-order valence-corrected chi connectivity index (χ1v) is 11.4. The average Bonchev–Trinajstić information content (AvgIpc) is 3.52. The van der Waals surface area contributed by atoms with E-state index in [0.717, 1.165) is 52.2 Å². The molecule has 2 aliphatic heterocycles. The van der Waals surface area contributed by atoms with Crippen LogP contribution in [0.15, 0.2) is 39.6 Å². The third kappa shape index (κ3) is 6.36. The maximum absolute atomic E-state index is 12.5. The number of carbonyl (C=O) groups is 2. The van der Waals surface area contributed by atoms with Gasteiger partial charge in [-0.05, 0) is 52.8 Å². The lowest BCUT2D eigenvalue weighted by molar-refractivity contribution is -0.192. The van der Waals surface area contributed by atoms with E-state index in [4.69, 9.17) is 19.1 Å². The first-order valence-electron chi connectivity index (χ1n) is 10.5. The number of nitrogens with zero attached hydrogens (tertiary/aromatic N) is 2. The van der Waals surface area contributed by atoms with Gasteiger partial charge >= 0.3 is 12.1 Å². The van der Waals surface area contributed by atoms with E-state index in [1.165, 1.54) is 5.56 Å². The van der Waals surface area contributed by atoms with Gasteiger partial charge in [0.2, 0.25) is 0 Å². The Morgan fingerprint density at radius 1 is 1.30 bits per heavy atom. The Hall–Kier alpha value is -2.37. The largest absolute Gasteiger partial charge is 0.490 e. The topological polar surface area (TPSA) is 83.2 Å². The summed E-state index contributed by atoms with van der Waals surface area (Å²) in [5.41, 5.74) is 1.65. The molecule has 2 fully saturated rings. The van der Waals surface area contributed by atoms with Crippen LogP contribution in [-0.2, 0) is 16.1 Å². The maximum atomic E-state index is 12.5. The predicted molar refractivity (Wildman–Crippen MR) is 115 cm³/mol. The zero-order valence-electron chi connectivity index (χ0n) is 18.2. The second-order valence-electron chi connectivity index (χ2n) is 8.39. The molecule has 33 heavy (non-hydrogen) atoms. The van der Waals surface area contributed by atoms with Crippen LogP contribution in [-0.4, -0.2) is 72.9 Å². The second-order valence-corrected chi connectivity index (χ2v) is 9.17. The van der Waals surface area contributed by atoms with Gasteiger partial charge in [0.15, 0.2) is 5.76 Å². The van der Waals surface area contributed by atoms with Gasteiger partial charge in [-0.2, -0.15) is 24.5 Å². The van der Waals surface area contributed by atoms with Gasteiger partial charge in [0.05, 0.1) is 12.9 Å². The van der Waals surface area contributed by atoms with Crippen molar-refractivity contribution >= 4 is 23.2 Å². The lowest BCUT2D eigenvalue weighted by atomic mass is 9.71. The highest BCUT2D eigenvalue weighted by atomic mass is 32.1. The molecule has 4 heterocycles. The Labute approximate surface area is 193 Å². The summed E-state index contributed by atoms with van der Waals surface area (Å²) in [6.07, 6.45) is -1.45. The van der Waals surface area contributed by atoms with Crippen LogP contribution in [0.4, 0.5) is 13.2 Å². The number of piperidine rings is 1. The summed E-state index contributed by atoms with van der Waals surface area (Å²) in [5.74, 6) is -1.76. The summed E-state index contributed by atoms with van der Waals surface area (Å²) in [6.45, 7) is 5.58. The van der Waals surface area contributed by atoms with E-state index in [0.29, 0.717) is 11.7 Å². The lowest BCUT2D eigenvalue weighted by Gasteiger charge is -2.42. The third-order valence-electron chi connectivity index (χ3n) is 6.26. The van der Waals surface area contributed by atoms with E-state index in [9.17, 15) is 18.0 Å². The minimum absolute atomic E-state index is 0.0151. The molecule has 4 rings (SSSR count). The zero-order chi connectivity index (χ0) is 24.1. The predicted octanol–water partition coefficient (Wildman–Crippen LogP) is 3.98. The first kappa shape index (κ1) is 25.3. The van der Waals surface area contributed by atoms with E-state index in [-0.39, 0.29) is 11.3 Å². The summed E-state index contributed by atoms with van der Waals surface area (Å²) >= 11 is 1.76. The molecule has 1 atom stereocenters. The molecule has 1 spiro atoms. The number of thiophene rings is 1. The molecule has 0 saturated carbocycles. The Morgan fingerprint density at radius 3 is 2.52 bits per heavy atom. The van der Waals surface area contributed by atoms with E-state index in [2.05, 4.69) is 21.7 Å². The Kier molecular flexibility index (Phi) is 8.19. The van der Waals surface area contributed by atoms with E-state index < -0.39 is 12.1 Å². The van der Waals surface area contributed by atoms with Gasteiger partial charge < -0.3 is 19.2 Å². The summed E-state index contributed by atoms with van der Waals surface area (Å²) in [7, 11) is 1.80. The van der Waals surface area contributed by atoms with Crippen LogP contribution in [0.2, 0.25) is 0 Å². The van der Waals surface area contributed by atoms with Crippen molar-refractivity contribution in [2.45, 2.75) is 25.6 Å². The number of likely N-dealkylation sites (tertiary alicyclic amines) is 2. The number of halogens is 3. The fraction of sp³-hybridized carbons (Fsp3) is 0.545. The van der Waals surface area contributed by atoms with Crippen molar-refractivity contribution in [3.8, 4) is 0 Å². The molecule has 2 aromatic rings. The van der Waals surface area contributed by atoms with Crippen molar-refractivity contribution in [3.63, 3.8) is 0 Å². The molecule has 11 heteroatoms. The van der Waals surface area contributed by atoms with Crippen molar-refractivity contribution in [1.29, 1.82) is 0 Å². The number of hydrogen-bond donors (Lipinski definition) is 1. The molecule has 1 N–H and O–H groups in total. The number of carbonyl (C=O) groups excluding carboxylic acids is 1.